The maximum Gasteiger partial charge on any atom is 0.323 e. The summed E-state index contributed by atoms with van der Waals surface area (Å²) in [5.41, 5.74) is 2.68. The van der Waals surface area contributed by atoms with Gasteiger partial charge in [-0.25, -0.2) is 18.1 Å². The van der Waals surface area contributed by atoms with E-state index in [4.69, 9.17) is 6.57 Å². The predicted molar refractivity (Wildman–Crippen MR) is 107 cm³/mol. The number of rotatable bonds is 2. The third kappa shape index (κ3) is 3.86. The van der Waals surface area contributed by atoms with Crippen LogP contribution < -0.4 is 10.6 Å². The summed E-state index contributed by atoms with van der Waals surface area (Å²) < 4.78 is 23.9. The van der Waals surface area contributed by atoms with Gasteiger partial charge in [-0.2, -0.15) is 0 Å². The van der Waals surface area contributed by atoms with Gasteiger partial charge in [0.1, 0.15) is 0 Å². The van der Waals surface area contributed by atoms with E-state index < -0.39 is 15.9 Å². The molecule has 2 aromatic rings. The van der Waals surface area contributed by atoms with Gasteiger partial charge in [0.05, 0.1) is 11.5 Å². The van der Waals surface area contributed by atoms with Gasteiger partial charge in [0.25, 0.3) is 0 Å². The minimum atomic E-state index is -3.43. The fourth-order valence-electron chi connectivity index (χ4n) is 2.84. The Kier molecular flexibility index (Phi) is 4.54. The monoisotopic (exact) mass is 381 g/mol. The van der Waals surface area contributed by atoms with E-state index in [9.17, 15) is 13.2 Å². The van der Waals surface area contributed by atoms with Gasteiger partial charge in [-0.05, 0) is 46.9 Å². The Balaban J connectivity index is 1.79. The summed E-state index contributed by atoms with van der Waals surface area (Å²) in [6.07, 6.45) is 1.53. The van der Waals surface area contributed by atoms with Crippen molar-refractivity contribution < 1.29 is 13.2 Å². The molecule has 0 saturated heterocycles. The Morgan fingerprint density at radius 1 is 1.04 bits per heavy atom. The maximum atomic E-state index is 12.3. The molecule has 6 nitrogen and oxygen atoms in total. The number of hydrogen-bond donors (Lipinski definition) is 2. The number of nitrogens with zero attached hydrogens (tertiary/aromatic N) is 1. The predicted octanol–water partition coefficient (Wildman–Crippen LogP) is 4.94. The van der Waals surface area contributed by atoms with E-state index >= 15 is 0 Å². The zero-order chi connectivity index (χ0) is 19.8. The van der Waals surface area contributed by atoms with Crippen molar-refractivity contribution in [2.24, 2.45) is 0 Å². The van der Waals surface area contributed by atoms with Crippen LogP contribution in [0.15, 0.2) is 46.7 Å². The molecule has 0 fully saturated rings. The van der Waals surface area contributed by atoms with E-state index in [1.807, 2.05) is 20.8 Å². The lowest BCUT2D eigenvalue weighted by molar-refractivity contribution is 0.262. The number of urea groups is 1. The van der Waals surface area contributed by atoms with Crippen molar-refractivity contribution in [3.05, 3.63) is 64.4 Å². The van der Waals surface area contributed by atoms with Gasteiger partial charge in [0.2, 0.25) is 9.84 Å². The van der Waals surface area contributed by atoms with Crippen molar-refractivity contribution in [1.82, 2.24) is 0 Å². The lowest BCUT2D eigenvalue weighted by atomic mass is 9.85. The molecule has 0 aromatic heterocycles. The maximum absolute atomic E-state index is 12.3. The molecule has 1 heterocycles. The molecule has 0 radical (unpaired) electrons. The Morgan fingerprint density at radius 3 is 2.30 bits per heavy atom. The Hall–Kier alpha value is -3.11. The minimum Gasteiger partial charge on any atom is -0.308 e. The average molecular weight is 381 g/mol. The van der Waals surface area contributed by atoms with Crippen LogP contribution in [0.5, 0.6) is 0 Å². The SMILES string of the molecule is [C-]#[N+]c1ccc(NC(=O)Nc2ccc3c(c2)S(=O)(=O)C=C3)cc1C(C)(C)C. The minimum absolute atomic E-state index is 0.178. The van der Waals surface area contributed by atoms with Crippen molar-refractivity contribution in [1.29, 1.82) is 0 Å². The van der Waals surface area contributed by atoms with E-state index in [1.165, 1.54) is 12.1 Å². The van der Waals surface area contributed by atoms with Crippen LogP contribution in [-0.2, 0) is 15.3 Å². The van der Waals surface area contributed by atoms with Crippen molar-refractivity contribution in [2.75, 3.05) is 10.6 Å². The fourth-order valence-corrected chi connectivity index (χ4v) is 4.07. The third-order valence-corrected chi connectivity index (χ3v) is 5.65. The Labute approximate surface area is 158 Å². The second-order valence-corrected chi connectivity index (χ2v) is 9.08. The molecule has 7 heteroatoms. The summed E-state index contributed by atoms with van der Waals surface area (Å²) in [6.45, 7) is 13.3. The second-order valence-electron chi connectivity index (χ2n) is 7.27. The molecule has 1 aliphatic rings. The number of nitrogens with one attached hydrogen (secondary N) is 2. The van der Waals surface area contributed by atoms with Crippen LogP contribution in [-0.4, -0.2) is 14.4 Å². The summed E-state index contributed by atoms with van der Waals surface area (Å²) in [6, 6.07) is 9.36. The van der Waals surface area contributed by atoms with Crippen molar-refractivity contribution >= 4 is 39.0 Å². The topological polar surface area (TPSA) is 79.6 Å². The first kappa shape index (κ1) is 18.7. The highest BCUT2D eigenvalue weighted by molar-refractivity contribution is 7.94. The van der Waals surface area contributed by atoms with Crippen LogP contribution in [0, 0.1) is 6.57 Å². The van der Waals surface area contributed by atoms with Gasteiger partial charge in [-0.1, -0.05) is 32.9 Å². The van der Waals surface area contributed by atoms with Gasteiger partial charge >= 0.3 is 6.03 Å². The van der Waals surface area contributed by atoms with Crippen molar-refractivity contribution in [2.45, 2.75) is 31.1 Å². The van der Waals surface area contributed by atoms with Crippen LogP contribution in [0.2, 0.25) is 0 Å². The fraction of sp³-hybridized carbons (Fsp3) is 0.200. The highest BCUT2D eigenvalue weighted by atomic mass is 32.2. The second kappa shape index (κ2) is 6.56. The number of carbonyl (C=O) groups excluding carboxylic acids is 1. The first-order valence-electron chi connectivity index (χ1n) is 8.27. The van der Waals surface area contributed by atoms with Gasteiger partial charge in [0, 0.05) is 16.8 Å². The molecular weight excluding hydrogens is 362 g/mol. The van der Waals surface area contributed by atoms with Crippen LogP contribution in [0.1, 0.15) is 31.9 Å². The van der Waals surface area contributed by atoms with E-state index in [-0.39, 0.29) is 10.3 Å². The molecule has 0 unspecified atom stereocenters. The zero-order valence-corrected chi connectivity index (χ0v) is 16.0. The van der Waals surface area contributed by atoms with E-state index in [1.54, 1.807) is 30.3 Å². The summed E-state index contributed by atoms with van der Waals surface area (Å²) in [7, 11) is -3.43. The summed E-state index contributed by atoms with van der Waals surface area (Å²) in [5, 5.41) is 6.51. The molecular formula is C20H19N3O3S. The molecule has 0 bridgehead atoms. The lowest BCUT2D eigenvalue weighted by Crippen LogP contribution is -2.20. The molecule has 2 aromatic carbocycles. The number of hydrogen-bond acceptors (Lipinski definition) is 3. The molecule has 27 heavy (non-hydrogen) atoms. The summed E-state index contributed by atoms with van der Waals surface area (Å²) >= 11 is 0. The number of sulfone groups is 1. The molecule has 0 spiro atoms. The van der Waals surface area contributed by atoms with Crippen LogP contribution in [0.25, 0.3) is 10.9 Å². The molecule has 2 N–H and O–H groups in total. The number of carbonyl (C=O) groups is 1. The van der Waals surface area contributed by atoms with E-state index in [0.717, 1.165) is 11.0 Å². The molecule has 0 saturated carbocycles. The molecule has 3 rings (SSSR count). The van der Waals surface area contributed by atoms with Gasteiger partial charge in [0.15, 0.2) is 5.69 Å². The molecule has 1 aliphatic heterocycles. The quantitative estimate of drug-likeness (QED) is 0.723. The number of anilines is 2. The van der Waals surface area contributed by atoms with Crippen LogP contribution in [0.3, 0.4) is 0 Å². The first-order chi connectivity index (χ1) is 12.6. The average Bonchev–Trinajstić information content (AvgIpc) is 2.89. The van der Waals surface area contributed by atoms with Gasteiger partial charge in [-0.15, -0.1) is 0 Å². The smallest absolute Gasteiger partial charge is 0.308 e. The highest BCUT2D eigenvalue weighted by Crippen LogP contribution is 2.34. The normalized spacial score (nSPS) is 14.3. The van der Waals surface area contributed by atoms with E-state index in [0.29, 0.717) is 22.6 Å². The largest absolute Gasteiger partial charge is 0.323 e. The van der Waals surface area contributed by atoms with Gasteiger partial charge < -0.3 is 10.6 Å². The molecule has 0 atom stereocenters. The van der Waals surface area contributed by atoms with Crippen molar-refractivity contribution in [3.8, 4) is 0 Å². The molecule has 2 amide bonds. The van der Waals surface area contributed by atoms with Gasteiger partial charge in [-0.3, -0.25) is 0 Å². The Bertz CT molecular complexity index is 1100. The Morgan fingerprint density at radius 2 is 1.67 bits per heavy atom. The molecule has 138 valence electrons. The zero-order valence-electron chi connectivity index (χ0n) is 15.2. The highest BCUT2D eigenvalue weighted by Gasteiger charge is 2.21. The summed E-state index contributed by atoms with van der Waals surface area (Å²) in [5.74, 6) is 0. The van der Waals surface area contributed by atoms with E-state index in [2.05, 4.69) is 15.5 Å². The number of fused-ring (bicyclic) bond motifs is 1. The first-order valence-corrected chi connectivity index (χ1v) is 9.82. The van der Waals surface area contributed by atoms with Crippen LogP contribution in [0.4, 0.5) is 21.9 Å². The van der Waals surface area contributed by atoms with Crippen LogP contribution >= 0.6 is 0 Å². The summed E-state index contributed by atoms with van der Waals surface area (Å²) in [4.78, 5) is 16.0. The van der Waals surface area contributed by atoms with Crippen molar-refractivity contribution in [3.63, 3.8) is 0 Å². The third-order valence-electron chi connectivity index (χ3n) is 4.19. The standard InChI is InChI=1S/C20H19N3O3S/c1-20(2,3)16-11-14(7-8-17(16)21-4)22-19(24)23-15-6-5-13-9-10-27(25,26)18(13)12-15/h5-12H,1-3H3,(H2,22,23,24). The lowest BCUT2D eigenvalue weighted by Gasteiger charge is -2.22. The number of benzene rings is 2. The molecule has 0 aliphatic carbocycles. The number of amides is 2.